The van der Waals surface area contributed by atoms with Crippen LogP contribution in [0.3, 0.4) is 0 Å². The summed E-state index contributed by atoms with van der Waals surface area (Å²) in [4.78, 5) is 55.4. The molecule has 0 radical (unpaired) electrons. The molecule has 11 nitrogen and oxygen atoms in total. The molecule has 0 aliphatic carbocycles. The standard InChI is InChI=1S/C27H19Cl3N4O7/c28-13-7-16(22(30)17(29)8-13)23-20-21(25(36)33(24(20)35)11-14-5-6-19(41-14)34(39)40)27(32-23,26(37)38)9-12-10-31-18-4-2-1-3-15(12)18/h1-8,10,20-21,23,31-32H,9,11H2,(H,37,38). The Labute approximate surface area is 246 Å². The van der Waals surface area contributed by atoms with Crippen molar-refractivity contribution >= 4 is 69.4 Å². The quantitative estimate of drug-likeness (QED) is 0.111. The number of nitrogens with zero attached hydrogens (tertiary/aromatic N) is 2. The summed E-state index contributed by atoms with van der Waals surface area (Å²) in [7, 11) is 0. The summed E-state index contributed by atoms with van der Waals surface area (Å²) in [5.74, 6) is -5.94. The van der Waals surface area contributed by atoms with Gasteiger partial charge in [0.2, 0.25) is 11.8 Å². The van der Waals surface area contributed by atoms with Crippen molar-refractivity contribution in [3.8, 4) is 0 Å². The van der Waals surface area contributed by atoms with Gasteiger partial charge >= 0.3 is 11.9 Å². The summed E-state index contributed by atoms with van der Waals surface area (Å²) >= 11 is 19.1. The number of benzene rings is 2. The number of para-hydroxylation sites is 1. The topological polar surface area (TPSA) is 159 Å². The van der Waals surface area contributed by atoms with Crippen molar-refractivity contribution in [1.29, 1.82) is 0 Å². The fourth-order valence-corrected chi connectivity index (χ4v) is 6.74. The summed E-state index contributed by atoms with van der Waals surface area (Å²) in [5.41, 5.74) is -0.299. The summed E-state index contributed by atoms with van der Waals surface area (Å²) in [5, 5.41) is 26.0. The molecule has 3 N–H and O–H groups in total. The van der Waals surface area contributed by atoms with Crippen molar-refractivity contribution in [3.63, 3.8) is 0 Å². The van der Waals surface area contributed by atoms with E-state index in [2.05, 4.69) is 10.3 Å². The molecule has 14 heteroatoms. The third kappa shape index (κ3) is 4.27. The lowest BCUT2D eigenvalue weighted by atomic mass is 9.76. The number of carboxylic acids is 1. The number of carbonyl (C=O) groups is 3. The molecule has 4 atom stereocenters. The number of aromatic amines is 1. The van der Waals surface area contributed by atoms with Gasteiger partial charge in [-0.15, -0.1) is 0 Å². The average molecular weight is 618 g/mol. The molecule has 0 spiro atoms. The van der Waals surface area contributed by atoms with Crippen molar-refractivity contribution in [3.05, 3.63) is 96.8 Å². The number of nitrogens with one attached hydrogen (secondary N) is 2. The van der Waals surface area contributed by atoms with Crippen LogP contribution in [0.4, 0.5) is 5.88 Å². The van der Waals surface area contributed by atoms with Crippen molar-refractivity contribution in [2.45, 2.75) is 24.5 Å². The molecule has 2 aromatic heterocycles. The Bertz CT molecular complexity index is 1770. The number of furan rings is 1. The fraction of sp³-hybridized carbons (Fsp3) is 0.222. The number of amides is 2. The molecule has 4 heterocycles. The minimum Gasteiger partial charge on any atom is -0.480 e. The van der Waals surface area contributed by atoms with Gasteiger partial charge < -0.3 is 14.5 Å². The first-order valence-electron chi connectivity index (χ1n) is 12.3. The van der Waals surface area contributed by atoms with E-state index in [1.807, 2.05) is 24.3 Å². The van der Waals surface area contributed by atoms with Crippen LogP contribution < -0.4 is 5.32 Å². The molecule has 210 valence electrons. The molecule has 2 fully saturated rings. The highest BCUT2D eigenvalue weighted by Crippen LogP contribution is 2.52. The molecule has 0 bridgehead atoms. The molecule has 6 rings (SSSR count). The normalized spacial score (nSPS) is 23.9. The highest BCUT2D eigenvalue weighted by atomic mass is 35.5. The van der Waals surface area contributed by atoms with Crippen LogP contribution in [0.5, 0.6) is 0 Å². The van der Waals surface area contributed by atoms with Crippen LogP contribution in [0.15, 0.2) is 59.1 Å². The van der Waals surface area contributed by atoms with Crippen molar-refractivity contribution in [2.75, 3.05) is 0 Å². The number of aliphatic carboxylic acids is 1. The monoisotopic (exact) mass is 616 g/mol. The first-order chi connectivity index (χ1) is 19.5. The SMILES string of the molecule is O=C1C2C(c3cc(Cl)cc(Cl)c3Cl)NC(Cc3c[nH]c4ccccc34)(C(=O)O)C2C(=O)N1Cc1ccc([N+](=O)[O-])o1. The first kappa shape index (κ1) is 27.3. The van der Waals surface area contributed by atoms with Gasteiger partial charge in [0.15, 0.2) is 0 Å². The summed E-state index contributed by atoms with van der Waals surface area (Å²) in [6.07, 6.45) is 1.51. The van der Waals surface area contributed by atoms with Crippen molar-refractivity contribution < 1.29 is 28.8 Å². The third-order valence-corrected chi connectivity index (χ3v) is 8.80. The molecule has 2 aromatic carbocycles. The van der Waals surface area contributed by atoms with E-state index in [9.17, 15) is 29.6 Å². The molecular weight excluding hydrogens is 599 g/mol. The van der Waals surface area contributed by atoms with Gasteiger partial charge in [-0.25, -0.2) is 0 Å². The van der Waals surface area contributed by atoms with E-state index in [4.69, 9.17) is 39.2 Å². The highest BCUT2D eigenvalue weighted by molar-refractivity contribution is 6.43. The predicted octanol–water partition coefficient (Wildman–Crippen LogP) is 5.14. The lowest BCUT2D eigenvalue weighted by Crippen LogP contribution is -2.57. The number of hydrogen-bond acceptors (Lipinski definition) is 7. The Morgan fingerprint density at radius 2 is 1.88 bits per heavy atom. The van der Waals surface area contributed by atoms with E-state index >= 15 is 0 Å². The largest absolute Gasteiger partial charge is 0.480 e. The zero-order valence-corrected chi connectivity index (χ0v) is 23.0. The molecule has 4 unspecified atom stereocenters. The van der Waals surface area contributed by atoms with E-state index in [1.54, 1.807) is 6.20 Å². The van der Waals surface area contributed by atoms with Gasteiger partial charge in [-0.05, 0) is 35.4 Å². The number of fused-ring (bicyclic) bond motifs is 2. The van der Waals surface area contributed by atoms with Gasteiger partial charge in [-0.2, -0.15) is 0 Å². The number of carbonyl (C=O) groups excluding carboxylic acids is 2. The summed E-state index contributed by atoms with van der Waals surface area (Å²) in [6, 6.07) is 11.5. The average Bonchev–Trinajstić information content (AvgIpc) is 3.69. The van der Waals surface area contributed by atoms with Crippen LogP contribution in [0, 0.1) is 22.0 Å². The van der Waals surface area contributed by atoms with E-state index in [0.29, 0.717) is 5.56 Å². The van der Waals surface area contributed by atoms with Gasteiger partial charge in [-0.3, -0.25) is 34.7 Å². The number of aromatic nitrogens is 1. The van der Waals surface area contributed by atoms with Crippen LogP contribution in [0.25, 0.3) is 10.9 Å². The Morgan fingerprint density at radius 3 is 2.59 bits per heavy atom. The van der Waals surface area contributed by atoms with Crippen LogP contribution in [0.1, 0.15) is 22.9 Å². The lowest BCUT2D eigenvalue weighted by Gasteiger charge is -2.31. The van der Waals surface area contributed by atoms with Gasteiger partial charge in [0, 0.05) is 34.6 Å². The number of likely N-dealkylation sites (tertiary alicyclic amines) is 1. The Kier molecular flexibility index (Phi) is 6.57. The zero-order chi connectivity index (χ0) is 29.2. The second-order valence-electron chi connectivity index (χ2n) is 9.99. The molecule has 2 amide bonds. The molecule has 2 aliphatic rings. The molecule has 0 saturated carbocycles. The van der Waals surface area contributed by atoms with Crippen LogP contribution in [-0.2, 0) is 27.3 Å². The molecule has 4 aromatic rings. The van der Waals surface area contributed by atoms with Crippen molar-refractivity contribution in [1.82, 2.24) is 15.2 Å². The maximum atomic E-state index is 14.0. The van der Waals surface area contributed by atoms with E-state index in [0.717, 1.165) is 21.9 Å². The Hall–Kier alpha value is -3.90. The number of rotatable bonds is 7. The number of carboxylic acid groups (broad SMARTS) is 1. The first-order valence-corrected chi connectivity index (χ1v) is 13.4. The van der Waals surface area contributed by atoms with Crippen LogP contribution in [0.2, 0.25) is 15.1 Å². The van der Waals surface area contributed by atoms with E-state index < -0.39 is 58.6 Å². The number of hydrogen-bond donors (Lipinski definition) is 3. The van der Waals surface area contributed by atoms with Gasteiger partial charge in [-0.1, -0.05) is 53.0 Å². The second kappa shape index (κ2) is 9.88. The summed E-state index contributed by atoms with van der Waals surface area (Å²) in [6.45, 7) is -0.419. The predicted molar refractivity (Wildman–Crippen MR) is 148 cm³/mol. The van der Waals surface area contributed by atoms with Crippen molar-refractivity contribution in [2.24, 2.45) is 11.8 Å². The van der Waals surface area contributed by atoms with E-state index in [-0.39, 0.29) is 32.8 Å². The minimum absolute atomic E-state index is 0.00994. The molecular formula is C27H19Cl3N4O7. The van der Waals surface area contributed by atoms with Crippen LogP contribution >= 0.6 is 34.8 Å². The maximum absolute atomic E-state index is 14.0. The van der Waals surface area contributed by atoms with Gasteiger partial charge in [0.25, 0.3) is 0 Å². The van der Waals surface area contributed by atoms with Gasteiger partial charge in [0.05, 0.1) is 34.5 Å². The van der Waals surface area contributed by atoms with Crippen LogP contribution in [-0.4, -0.2) is 43.2 Å². The number of H-pyrrole nitrogens is 1. The fourth-order valence-electron chi connectivity index (χ4n) is 6.01. The minimum atomic E-state index is -1.95. The molecule has 2 saturated heterocycles. The maximum Gasteiger partial charge on any atom is 0.433 e. The Morgan fingerprint density at radius 1 is 1.12 bits per heavy atom. The number of imide groups is 1. The number of halogens is 3. The smallest absolute Gasteiger partial charge is 0.433 e. The molecule has 2 aliphatic heterocycles. The number of nitro groups is 1. The molecule has 41 heavy (non-hydrogen) atoms. The third-order valence-electron chi connectivity index (χ3n) is 7.77. The second-order valence-corrected chi connectivity index (χ2v) is 11.2. The van der Waals surface area contributed by atoms with Gasteiger partial charge in [0.1, 0.15) is 16.2 Å². The highest BCUT2D eigenvalue weighted by Gasteiger charge is 2.68. The lowest BCUT2D eigenvalue weighted by molar-refractivity contribution is -0.402. The summed E-state index contributed by atoms with van der Waals surface area (Å²) < 4.78 is 5.18. The zero-order valence-electron chi connectivity index (χ0n) is 20.8. The van der Waals surface area contributed by atoms with E-state index in [1.165, 1.54) is 18.2 Å². The Balaban J connectivity index is 1.48.